The van der Waals surface area contributed by atoms with Gasteiger partial charge in [0.2, 0.25) is 0 Å². The number of hydrogen-bond acceptors (Lipinski definition) is 6. The quantitative estimate of drug-likeness (QED) is 0.101. The van der Waals surface area contributed by atoms with E-state index in [0.29, 0.717) is 35.8 Å². The van der Waals surface area contributed by atoms with Gasteiger partial charge in [0.1, 0.15) is 23.0 Å². The second-order valence-electron chi connectivity index (χ2n) is 26.5. The van der Waals surface area contributed by atoms with E-state index in [-0.39, 0.29) is 11.3 Å². The molecule has 2 aliphatic carbocycles. The number of para-hydroxylation sites is 6. The number of anilines is 6. The van der Waals surface area contributed by atoms with Crippen LogP contribution in [0.1, 0.15) is 12.8 Å². The molecule has 102 heavy (non-hydrogen) atoms. The molecule has 0 saturated carbocycles. The van der Waals surface area contributed by atoms with E-state index in [2.05, 4.69) is 307 Å². The van der Waals surface area contributed by atoms with Crippen LogP contribution in [0.4, 0.5) is 34.1 Å². The Labute approximate surface area is 595 Å². The van der Waals surface area contributed by atoms with Crippen molar-refractivity contribution in [2.75, 3.05) is 9.80 Å². The lowest BCUT2D eigenvalue weighted by Crippen LogP contribution is -2.30. The minimum absolute atomic E-state index is 0.173. The van der Waals surface area contributed by atoms with Gasteiger partial charge in [0, 0.05) is 45.4 Å². The fourth-order valence-corrected chi connectivity index (χ4v) is 21.9. The molecule has 0 radical (unpaired) electrons. The maximum atomic E-state index is 15.9. The Morgan fingerprint density at radius 2 is 0.627 bits per heavy atom. The second-order valence-corrected chi connectivity index (χ2v) is 32.4. The minimum atomic E-state index is -3.17. The number of benzene rings is 14. The van der Waals surface area contributed by atoms with Crippen LogP contribution in [0.25, 0.3) is 77.5 Å². The number of hydrogen-bond donors (Lipinski definition) is 0. The van der Waals surface area contributed by atoms with Crippen LogP contribution in [0.3, 0.4) is 0 Å². The van der Waals surface area contributed by atoms with Gasteiger partial charge in [-0.3, -0.25) is 0 Å². The molecule has 4 aliphatic rings. The zero-order valence-corrected chi connectivity index (χ0v) is 57.6. The predicted molar refractivity (Wildman–Crippen MR) is 426 cm³/mol. The van der Waals surface area contributed by atoms with Gasteiger partial charge in [-0.15, -0.1) is 0 Å². The van der Waals surface area contributed by atoms with Gasteiger partial charge in [-0.2, -0.15) is 0 Å². The monoisotopic (exact) mass is 1350 g/mol. The van der Waals surface area contributed by atoms with Crippen molar-refractivity contribution in [3.05, 3.63) is 376 Å². The highest BCUT2D eigenvalue weighted by Crippen LogP contribution is 2.60. The van der Waals surface area contributed by atoms with Gasteiger partial charge in [-0.1, -0.05) is 218 Å². The van der Waals surface area contributed by atoms with Crippen molar-refractivity contribution < 1.29 is 18.6 Å². The Hall–Kier alpha value is -12.0. The van der Waals surface area contributed by atoms with Crippen LogP contribution < -0.4 is 40.5 Å². The van der Waals surface area contributed by atoms with Crippen molar-refractivity contribution in [3.63, 3.8) is 0 Å². The van der Waals surface area contributed by atoms with Crippen LogP contribution in [-0.2, 0) is 9.13 Å². The van der Waals surface area contributed by atoms with E-state index in [1.807, 2.05) is 78.9 Å². The molecule has 4 unspecified atom stereocenters. The Morgan fingerprint density at radius 3 is 1.09 bits per heavy atom. The topological polar surface area (TPSA) is 59.1 Å². The summed E-state index contributed by atoms with van der Waals surface area (Å²) in [5.41, 5.74) is 18.2. The van der Waals surface area contributed by atoms with E-state index in [4.69, 9.17) is 9.47 Å². The first-order valence-corrected chi connectivity index (χ1v) is 38.4. The normalized spacial score (nSPS) is 17.5. The summed E-state index contributed by atoms with van der Waals surface area (Å²) in [6, 6.07) is 116. The van der Waals surface area contributed by atoms with Crippen LogP contribution >= 0.6 is 14.3 Å². The lowest BCUT2D eigenvalue weighted by Gasteiger charge is -2.33. The average molecular weight is 1350 g/mol. The summed E-state index contributed by atoms with van der Waals surface area (Å²) in [4.78, 5) is 4.65. The molecule has 0 bridgehead atoms. The van der Waals surface area contributed by atoms with E-state index in [9.17, 15) is 0 Å². The molecule has 0 fully saturated rings. The molecule has 0 spiro atoms. The maximum Gasteiger partial charge on any atom is 0.157 e. The fraction of sp³-hybridized carbons (Fsp3) is 0.0426. The van der Waals surface area contributed by atoms with Gasteiger partial charge in [0.15, 0.2) is 14.3 Å². The Kier molecular flexibility index (Phi) is 16.0. The minimum Gasteiger partial charge on any atom is -0.456 e. The van der Waals surface area contributed by atoms with Crippen LogP contribution in [0.15, 0.2) is 376 Å². The highest BCUT2D eigenvalue weighted by molar-refractivity contribution is 7.80. The SMILES string of the molecule is O=P1(C2C=CC=CC2)c2ccccc2Oc2cc(-c3cccc(-c4cc(-c5cccc(N(c6ccccc6)c6ccccc6)c5)c5cc(-c6cccc(-c7ccc8c(c7)Oc7ccccc7P8(=O)C7C=CC=CC7)c6)c(-c6cccc(N(c7ccccc7)c7ccccc7)c6)cc5c4)c3)ccc21. The van der Waals surface area contributed by atoms with Crippen LogP contribution in [0.5, 0.6) is 23.0 Å². The summed E-state index contributed by atoms with van der Waals surface area (Å²) in [7, 11) is -6.32. The molecule has 18 rings (SSSR count). The van der Waals surface area contributed by atoms with Crippen LogP contribution in [0, 0.1) is 0 Å². The van der Waals surface area contributed by atoms with E-state index in [1.165, 1.54) is 0 Å². The third-order valence-corrected chi connectivity index (χ3v) is 27.4. The molecule has 0 aromatic heterocycles. The van der Waals surface area contributed by atoms with Gasteiger partial charge in [0.05, 0.1) is 21.2 Å². The maximum absolute atomic E-state index is 15.9. The summed E-state index contributed by atoms with van der Waals surface area (Å²) >= 11 is 0. The largest absolute Gasteiger partial charge is 0.456 e. The molecule has 2 heterocycles. The molecule has 2 aliphatic heterocycles. The molecular weight excluding hydrogens is 1280 g/mol. The smallest absolute Gasteiger partial charge is 0.157 e. The number of nitrogens with zero attached hydrogens (tertiary/aromatic N) is 2. The van der Waals surface area contributed by atoms with Crippen molar-refractivity contribution in [2.45, 2.75) is 24.2 Å². The van der Waals surface area contributed by atoms with E-state index in [0.717, 1.165) is 133 Å². The van der Waals surface area contributed by atoms with Crippen molar-refractivity contribution in [1.82, 2.24) is 0 Å². The van der Waals surface area contributed by atoms with Crippen molar-refractivity contribution in [3.8, 4) is 89.8 Å². The first-order valence-electron chi connectivity index (χ1n) is 34.9. The highest BCUT2D eigenvalue weighted by atomic mass is 31.2. The van der Waals surface area contributed by atoms with Gasteiger partial charge < -0.3 is 28.4 Å². The molecule has 4 atom stereocenters. The summed E-state index contributed by atoms with van der Waals surface area (Å²) < 4.78 is 45.2. The fourth-order valence-electron chi connectivity index (χ4n) is 15.5. The molecule has 0 saturated heterocycles. The molecule has 0 N–H and O–H groups in total. The van der Waals surface area contributed by atoms with Gasteiger partial charge in [-0.25, -0.2) is 0 Å². The summed E-state index contributed by atoms with van der Waals surface area (Å²) in [5, 5.41) is 5.19. The summed E-state index contributed by atoms with van der Waals surface area (Å²) in [5.74, 6) is 2.54. The van der Waals surface area contributed by atoms with E-state index >= 15 is 9.13 Å². The Bertz CT molecular complexity index is 5750. The van der Waals surface area contributed by atoms with Crippen LogP contribution in [-0.4, -0.2) is 11.3 Å². The second kappa shape index (κ2) is 26.2. The predicted octanol–water partition coefficient (Wildman–Crippen LogP) is 24.4. The highest BCUT2D eigenvalue weighted by Gasteiger charge is 2.44. The average Bonchev–Trinajstić information content (AvgIpc) is 0.738. The first kappa shape index (κ1) is 62.2. The lowest BCUT2D eigenvalue weighted by atomic mass is 9.86. The zero-order valence-electron chi connectivity index (χ0n) is 55.8. The van der Waals surface area contributed by atoms with E-state index < -0.39 is 14.3 Å². The molecule has 488 valence electrons. The molecule has 8 heteroatoms. The van der Waals surface area contributed by atoms with Crippen molar-refractivity contribution in [1.29, 1.82) is 0 Å². The standard InChI is InChI=1S/C94H68N2O4P2/c97-101(81-43-15-5-16-44-81)91-49-21-19-47-87(91)99-89-62-68(51-53-93(89)101)65-27-23-29-67(55-65)73-57-74-61-84(72-32-26-42-80(59-72)96(77-37-11-3-12-38-77)78-39-13-4-14-40-78)85(64-86(74)83(60-73)71-31-25-41-79(58-71)95(75-33-7-1-8-34-75)76-35-9-2-10-36-76)70-30-24-28-66(56-70)69-52-54-94-90(63-69)100-88-48-20-22-50-92(88)102(94,98)82-45-17-6-18-46-82/h1-43,45,47-64,81-82H,44,46H2. The molecule has 0 amide bonds. The number of rotatable bonds is 14. The lowest BCUT2D eigenvalue weighted by molar-refractivity contribution is 0.484. The van der Waals surface area contributed by atoms with Crippen molar-refractivity contribution >= 4 is 80.4 Å². The van der Waals surface area contributed by atoms with E-state index in [1.54, 1.807) is 0 Å². The molecule has 14 aromatic carbocycles. The van der Waals surface area contributed by atoms with Gasteiger partial charge in [-0.05, 0) is 248 Å². The van der Waals surface area contributed by atoms with Crippen molar-refractivity contribution in [2.24, 2.45) is 0 Å². The van der Waals surface area contributed by atoms with Gasteiger partial charge in [0.25, 0.3) is 0 Å². The van der Waals surface area contributed by atoms with Crippen LogP contribution in [0.2, 0.25) is 0 Å². The molecule has 6 nitrogen and oxygen atoms in total. The first-order chi connectivity index (χ1) is 50.3. The number of fused-ring (bicyclic) bond motifs is 5. The third kappa shape index (κ3) is 11.2. The Morgan fingerprint density at radius 1 is 0.265 bits per heavy atom. The summed E-state index contributed by atoms with van der Waals surface area (Å²) in [6.45, 7) is 0. The molecular formula is C94H68N2O4P2. The number of ether oxygens (including phenoxy) is 2. The number of allylic oxidation sites excluding steroid dienone is 8. The summed E-state index contributed by atoms with van der Waals surface area (Å²) in [6.07, 6.45) is 17.9. The zero-order chi connectivity index (χ0) is 68.1. The third-order valence-electron chi connectivity index (χ3n) is 20.4. The van der Waals surface area contributed by atoms with Gasteiger partial charge >= 0.3 is 0 Å². The Balaban J connectivity index is 0.833. The molecule has 14 aromatic rings.